The molecule has 1 amide bonds. The van der Waals surface area contributed by atoms with Crippen LogP contribution in [0.4, 0.5) is 5.69 Å². The van der Waals surface area contributed by atoms with Crippen molar-refractivity contribution in [3.05, 3.63) is 58.6 Å². The van der Waals surface area contributed by atoms with Gasteiger partial charge in [-0.3, -0.25) is 9.52 Å². The summed E-state index contributed by atoms with van der Waals surface area (Å²) in [6.45, 7) is 1.82. The van der Waals surface area contributed by atoms with Crippen LogP contribution in [0.25, 0.3) is 0 Å². The maximum Gasteiger partial charge on any atom is 0.263 e. The molecule has 0 aromatic heterocycles. The van der Waals surface area contributed by atoms with Crippen molar-refractivity contribution in [3.63, 3.8) is 0 Å². The normalized spacial score (nSPS) is 15.9. The SMILES string of the molecule is Cc1ccccc1NS(=O)(=O)c1cc(C(=O)NC2CCCCCCC2)ccc1Cl. The third kappa shape index (κ3) is 5.73. The highest BCUT2D eigenvalue weighted by molar-refractivity contribution is 7.92. The van der Waals surface area contributed by atoms with Crippen LogP contribution >= 0.6 is 11.6 Å². The first-order valence-electron chi connectivity index (χ1n) is 10.1. The molecule has 0 heterocycles. The summed E-state index contributed by atoms with van der Waals surface area (Å²) in [5.74, 6) is -0.264. The number of halogens is 1. The van der Waals surface area contributed by atoms with Crippen LogP contribution in [-0.2, 0) is 10.0 Å². The largest absolute Gasteiger partial charge is 0.349 e. The standard InChI is InChI=1S/C22H27ClN2O3S/c1-16-9-7-8-12-20(16)25-29(27,28)21-15-17(13-14-19(21)23)22(26)24-18-10-5-3-2-4-6-11-18/h7-9,12-15,18,25H,2-6,10-11H2,1H3,(H,24,26). The van der Waals surface area contributed by atoms with Gasteiger partial charge in [-0.05, 0) is 49.6 Å². The van der Waals surface area contributed by atoms with E-state index in [0.29, 0.717) is 11.3 Å². The van der Waals surface area contributed by atoms with Crippen molar-refractivity contribution >= 4 is 33.2 Å². The predicted octanol–water partition coefficient (Wildman–Crippen LogP) is 5.29. The van der Waals surface area contributed by atoms with Crippen molar-refractivity contribution in [3.8, 4) is 0 Å². The summed E-state index contributed by atoms with van der Waals surface area (Å²) in [6.07, 6.45) is 7.77. The van der Waals surface area contributed by atoms with Crippen LogP contribution in [0.2, 0.25) is 5.02 Å². The van der Waals surface area contributed by atoms with Crippen molar-refractivity contribution in [1.29, 1.82) is 0 Å². The number of hydrogen-bond acceptors (Lipinski definition) is 3. The molecule has 156 valence electrons. The minimum atomic E-state index is -3.93. The molecular weight excluding hydrogens is 408 g/mol. The topological polar surface area (TPSA) is 75.3 Å². The van der Waals surface area contributed by atoms with Crippen LogP contribution in [0.15, 0.2) is 47.4 Å². The van der Waals surface area contributed by atoms with Crippen molar-refractivity contribution in [2.75, 3.05) is 4.72 Å². The van der Waals surface area contributed by atoms with Gasteiger partial charge < -0.3 is 5.32 Å². The lowest BCUT2D eigenvalue weighted by Crippen LogP contribution is -2.35. The molecule has 0 spiro atoms. The zero-order valence-corrected chi connectivity index (χ0v) is 18.2. The van der Waals surface area contributed by atoms with Gasteiger partial charge in [0.05, 0.1) is 10.7 Å². The van der Waals surface area contributed by atoms with E-state index < -0.39 is 10.0 Å². The molecule has 0 bridgehead atoms. The molecule has 0 unspecified atom stereocenters. The lowest BCUT2D eigenvalue weighted by atomic mass is 9.96. The van der Waals surface area contributed by atoms with Gasteiger partial charge in [0.25, 0.3) is 15.9 Å². The zero-order valence-electron chi connectivity index (χ0n) is 16.6. The van der Waals surface area contributed by atoms with Crippen LogP contribution in [0, 0.1) is 6.92 Å². The maximum atomic E-state index is 12.9. The molecule has 0 atom stereocenters. The van der Waals surface area contributed by atoms with E-state index in [2.05, 4.69) is 10.0 Å². The molecule has 1 fully saturated rings. The van der Waals surface area contributed by atoms with Gasteiger partial charge in [-0.25, -0.2) is 8.42 Å². The number of anilines is 1. The first-order chi connectivity index (χ1) is 13.9. The maximum absolute atomic E-state index is 12.9. The number of sulfonamides is 1. The molecule has 3 rings (SSSR count). The second-order valence-electron chi connectivity index (χ2n) is 7.58. The van der Waals surface area contributed by atoms with E-state index in [9.17, 15) is 13.2 Å². The average Bonchev–Trinajstić information content (AvgIpc) is 2.65. The smallest absolute Gasteiger partial charge is 0.263 e. The summed E-state index contributed by atoms with van der Waals surface area (Å²) in [5, 5.41) is 3.14. The molecule has 29 heavy (non-hydrogen) atoms. The molecule has 5 nitrogen and oxygen atoms in total. The molecule has 1 aliphatic carbocycles. The Morgan fingerprint density at radius 1 is 1.00 bits per heavy atom. The molecular formula is C22H27ClN2O3S. The number of nitrogens with one attached hydrogen (secondary N) is 2. The van der Waals surface area contributed by atoms with Gasteiger partial charge in [-0.1, -0.05) is 61.9 Å². The van der Waals surface area contributed by atoms with Crippen molar-refractivity contribution in [2.24, 2.45) is 0 Å². The van der Waals surface area contributed by atoms with E-state index in [-0.39, 0.29) is 21.9 Å². The summed E-state index contributed by atoms with van der Waals surface area (Å²) in [5.41, 5.74) is 1.57. The zero-order chi connectivity index (χ0) is 20.9. The number of amides is 1. The van der Waals surface area contributed by atoms with Gasteiger partial charge in [-0.15, -0.1) is 0 Å². The summed E-state index contributed by atoms with van der Waals surface area (Å²) in [4.78, 5) is 12.6. The van der Waals surface area contributed by atoms with Gasteiger partial charge in [0.15, 0.2) is 0 Å². The summed E-state index contributed by atoms with van der Waals surface area (Å²) < 4.78 is 28.4. The molecule has 2 N–H and O–H groups in total. The highest BCUT2D eigenvalue weighted by atomic mass is 35.5. The lowest BCUT2D eigenvalue weighted by molar-refractivity contribution is 0.0930. The Balaban J connectivity index is 1.79. The highest BCUT2D eigenvalue weighted by Gasteiger charge is 2.22. The van der Waals surface area contributed by atoms with Crippen LogP contribution in [0.3, 0.4) is 0 Å². The van der Waals surface area contributed by atoms with Gasteiger partial charge in [0.2, 0.25) is 0 Å². The van der Waals surface area contributed by atoms with Crippen LogP contribution in [0.5, 0.6) is 0 Å². The van der Waals surface area contributed by atoms with E-state index in [1.165, 1.54) is 31.4 Å². The molecule has 1 saturated carbocycles. The Hall–Kier alpha value is -2.05. The molecule has 1 aliphatic rings. The third-order valence-electron chi connectivity index (χ3n) is 5.31. The fraction of sp³-hybridized carbons (Fsp3) is 0.409. The van der Waals surface area contributed by atoms with E-state index in [4.69, 9.17) is 11.6 Å². The van der Waals surface area contributed by atoms with Gasteiger partial charge in [-0.2, -0.15) is 0 Å². The average molecular weight is 435 g/mol. The Kier molecular flexibility index (Phi) is 7.19. The highest BCUT2D eigenvalue weighted by Crippen LogP contribution is 2.26. The van der Waals surface area contributed by atoms with Gasteiger partial charge >= 0.3 is 0 Å². The van der Waals surface area contributed by atoms with E-state index in [1.54, 1.807) is 18.2 Å². The number of aryl methyl sites for hydroxylation is 1. The molecule has 2 aromatic rings. The van der Waals surface area contributed by atoms with Crippen LogP contribution < -0.4 is 10.0 Å². The molecule has 7 heteroatoms. The van der Waals surface area contributed by atoms with Crippen LogP contribution in [-0.4, -0.2) is 20.4 Å². The number of benzene rings is 2. The van der Waals surface area contributed by atoms with Crippen molar-refractivity contribution in [2.45, 2.75) is 62.8 Å². The van der Waals surface area contributed by atoms with Crippen molar-refractivity contribution in [1.82, 2.24) is 5.32 Å². The number of rotatable bonds is 5. The van der Waals surface area contributed by atoms with Gasteiger partial charge in [0.1, 0.15) is 4.90 Å². The summed E-state index contributed by atoms with van der Waals surface area (Å²) in [7, 11) is -3.93. The Bertz CT molecular complexity index is 968. The quantitative estimate of drug-likeness (QED) is 0.671. The fourth-order valence-corrected chi connectivity index (χ4v) is 5.26. The minimum Gasteiger partial charge on any atom is -0.349 e. The summed E-state index contributed by atoms with van der Waals surface area (Å²) >= 11 is 6.17. The Labute approximate surface area is 177 Å². The fourth-order valence-electron chi connectivity index (χ4n) is 3.61. The molecule has 0 aliphatic heterocycles. The number of hydrogen-bond donors (Lipinski definition) is 2. The first kappa shape index (κ1) is 21.7. The molecule has 0 radical (unpaired) electrons. The summed E-state index contributed by atoms with van der Waals surface area (Å²) in [6, 6.07) is 11.6. The predicted molar refractivity (Wildman–Crippen MR) is 117 cm³/mol. The second-order valence-corrected chi connectivity index (χ2v) is 9.64. The van der Waals surface area contributed by atoms with E-state index in [0.717, 1.165) is 31.2 Å². The minimum absolute atomic E-state index is 0.0774. The van der Waals surface area contributed by atoms with Crippen molar-refractivity contribution < 1.29 is 13.2 Å². The monoisotopic (exact) mass is 434 g/mol. The lowest BCUT2D eigenvalue weighted by Gasteiger charge is -2.21. The third-order valence-corrected chi connectivity index (χ3v) is 7.16. The molecule has 2 aromatic carbocycles. The molecule has 0 saturated heterocycles. The van der Waals surface area contributed by atoms with Gasteiger partial charge in [0, 0.05) is 11.6 Å². The van der Waals surface area contributed by atoms with E-state index in [1.807, 2.05) is 19.1 Å². The number of para-hydroxylation sites is 1. The Morgan fingerprint density at radius 2 is 1.66 bits per heavy atom. The Morgan fingerprint density at radius 3 is 2.34 bits per heavy atom. The number of carbonyl (C=O) groups is 1. The first-order valence-corrected chi connectivity index (χ1v) is 11.9. The van der Waals surface area contributed by atoms with E-state index >= 15 is 0 Å². The van der Waals surface area contributed by atoms with Crippen LogP contribution in [0.1, 0.15) is 60.9 Å². The number of carbonyl (C=O) groups excluding carboxylic acids is 1. The second kappa shape index (κ2) is 9.63.